The maximum Gasteiger partial charge on any atom is 0.220 e. The number of rotatable bonds is 5. The predicted octanol–water partition coefficient (Wildman–Crippen LogP) is 3.77. The summed E-state index contributed by atoms with van der Waals surface area (Å²) in [5.41, 5.74) is 1.77. The van der Waals surface area contributed by atoms with E-state index in [0.717, 1.165) is 11.1 Å². The highest BCUT2D eigenvalue weighted by Gasteiger charge is 2.09. The first-order valence-corrected chi connectivity index (χ1v) is 6.84. The fourth-order valence-electron chi connectivity index (χ4n) is 2.06. The first-order chi connectivity index (χ1) is 10.0. The van der Waals surface area contributed by atoms with Crippen molar-refractivity contribution < 1.29 is 13.6 Å². The molecule has 0 aliphatic rings. The van der Waals surface area contributed by atoms with Crippen LogP contribution in [0, 0.1) is 11.6 Å². The number of amides is 1. The van der Waals surface area contributed by atoms with E-state index in [1.807, 2.05) is 6.92 Å². The summed E-state index contributed by atoms with van der Waals surface area (Å²) in [4.78, 5) is 11.9. The van der Waals surface area contributed by atoms with Gasteiger partial charge < -0.3 is 5.32 Å². The van der Waals surface area contributed by atoms with Gasteiger partial charge in [-0.3, -0.25) is 4.79 Å². The number of hydrogen-bond acceptors (Lipinski definition) is 1. The van der Waals surface area contributed by atoms with E-state index in [-0.39, 0.29) is 23.6 Å². The Bertz CT molecular complexity index is 593. The molecule has 0 radical (unpaired) electrons. The van der Waals surface area contributed by atoms with E-state index in [4.69, 9.17) is 0 Å². The standard InChI is InChI=1S/C17H17F2NO/c1-12(14-5-9-16(19)10-6-14)20-17(21)11-4-13-2-7-15(18)8-3-13/h2-3,5-10,12H,4,11H2,1H3,(H,20,21)/t12-/m0/s1. The summed E-state index contributed by atoms with van der Waals surface area (Å²) in [5, 5.41) is 2.86. The lowest BCUT2D eigenvalue weighted by molar-refractivity contribution is -0.121. The van der Waals surface area contributed by atoms with Gasteiger partial charge in [-0.1, -0.05) is 24.3 Å². The molecule has 2 aromatic carbocycles. The summed E-state index contributed by atoms with van der Waals surface area (Å²) in [5.74, 6) is -0.669. The topological polar surface area (TPSA) is 29.1 Å². The maximum absolute atomic E-state index is 12.8. The van der Waals surface area contributed by atoms with Crippen molar-refractivity contribution in [1.29, 1.82) is 0 Å². The van der Waals surface area contributed by atoms with Crippen LogP contribution in [0.25, 0.3) is 0 Å². The van der Waals surface area contributed by atoms with Crippen LogP contribution in [0.4, 0.5) is 8.78 Å². The van der Waals surface area contributed by atoms with Gasteiger partial charge in [-0.25, -0.2) is 8.78 Å². The molecule has 2 nitrogen and oxygen atoms in total. The van der Waals surface area contributed by atoms with Gasteiger partial charge in [-0.15, -0.1) is 0 Å². The Hall–Kier alpha value is -2.23. The largest absolute Gasteiger partial charge is 0.350 e. The molecule has 0 saturated carbocycles. The lowest BCUT2D eigenvalue weighted by Gasteiger charge is -2.14. The van der Waals surface area contributed by atoms with Crippen molar-refractivity contribution in [3.05, 3.63) is 71.3 Å². The van der Waals surface area contributed by atoms with E-state index < -0.39 is 0 Å². The SMILES string of the molecule is C[C@H](NC(=O)CCc1ccc(F)cc1)c1ccc(F)cc1. The zero-order chi connectivity index (χ0) is 15.2. The van der Waals surface area contributed by atoms with Crippen LogP contribution in [0.3, 0.4) is 0 Å². The van der Waals surface area contributed by atoms with Crippen LogP contribution < -0.4 is 5.32 Å². The van der Waals surface area contributed by atoms with Crippen LogP contribution in [0.5, 0.6) is 0 Å². The van der Waals surface area contributed by atoms with E-state index in [1.165, 1.54) is 24.3 Å². The monoisotopic (exact) mass is 289 g/mol. The molecule has 0 aliphatic heterocycles. The molecule has 21 heavy (non-hydrogen) atoms. The molecule has 1 atom stereocenters. The molecule has 0 fully saturated rings. The molecular formula is C17H17F2NO. The molecule has 0 heterocycles. The summed E-state index contributed by atoms with van der Waals surface area (Å²) in [6, 6.07) is 12.0. The van der Waals surface area contributed by atoms with Crippen molar-refractivity contribution >= 4 is 5.91 Å². The third-order valence-corrected chi connectivity index (χ3v) is 3.30. The Morgan fingerprint density at radius 3 is 2.10 bits per heavy atom. The molecule has 110 valence electrons. The Morgan fingerprint density at radius 1 is 1.00 bits per heavy atom. The number of carbonyl (C=O) groups is 1. The van der Waals surface area contributed by atoms with Gasteiger partial charge in [0.1, 0.15) is 11.6 Å². The fourth-order valence-corrected chi connectivity index (χ4v) is 2.06. The van der Waals surface area contributed by atoms with Crippen molar-refractivity contribution in [2.45, 2.75) is 25.8 Å². The average molecular weight is 289 g/mol. The van der Waals surface area contributed by atoms with Crippen LogP contribution in [-0.2, 0) is 11.2 Å². The molecule has 0 unspecified atom stereocenters. The molecule has 0 bridgehead atoms. The highest BCUT2D eigenvalue weighted by atomic mass is 19.1. The summed E-state index contributed by atoms with van der Waals surface area (Å²) in [6.45, 7) is 1.85. The second kappa shape index (κ2) is 6.97. The number of nitrogens with one attached hydrogen (secondary N) is 1. The summed E-state index contributed by atoms with van der Waals surface area (Å²) in [6.07, 6.45) is 0.888. The highest BCUT2D eigenvalue weighted by Crippen LogP contribution is 2.13. The molecule has 4 heteroatoms. The minimum atomic E-state index is -0.298. The van der Waals surface area contributed by atoms with Gasteiger partial charge in [0.2, 0.25) is 5.91 Å². The van der Waals surface area contributed by atoms with Gasteiger partial charge in [0.15, 0.2) is 0 Å². The second-order valence-corrected chi connectivity index (χ2v) is 4.97. The molecular weight excluding hydrogens is 272 g/mol. The number of aryl methyl sites for hydroxylation is 1. The number of hydrogen-bond donors (Lipinski definition) is 1. The smallest absolute Gasteiger partial charge is 0.220 e. The van der Waals surface area contributed by atoms with Gasteiger partial charge in [0, 0.05) is 6.42 Å². The molecule has 1 amide bonds. The third kappa shape index (κ3) is 4.67. The van der Waals surface area contributed by atoms with Crippen LogP contribution in [-0.4, -0.2) is 5.91 Å². The molecule has 0 aromatic heterocycles. The zero-order valence-electron chi connectivity index (χ0n) is 11.8. The van der Waals surface area contributed by atoms with Crippen molar-refractivity contribution in [1.82, 2.24) is 5.32 Å². The normalized spacial score (nSPS) is 12.0. The molecule has 0 aliphatic carbocycles. The fraction of sp³-hybridized carbons (Fsp3) is 0.235. The quantitative estimate of drug-likeness (QED) is 0.892. The third-order valence-electron chi connectivity index (χ3n) is 3.30. The number of benzene rings is 2. The Balaban J connectivity index is 1.83. The first kappa shape index (κ1) is 15.2. The average Bonchev–Trinajstić information content (AvgIpc) is 2.47. The summed E-state index contributed by atoms with van der Waals surface area (Å²) < 4.78 is 25.6. The highest BCUT2D eigenvalue weighted by molar-refractivity contribution is 5.76. The predicted molar refractivity (Wildman–Crippen MR) is 77.7 cm³/mol. The molecule has 0 spiro atoms. The Labute approximate surface area is 122 Å². The van der Waals surface area contributed by atoms with Crippen molar-refractivity contribution in [2.24, 2.45) is 0 Å². The lowest BCUT2D eigenvalue weighted by atomic mass is 10.1. The van der Waals surface area contributed by atoms with Crippen molar-refractivity contribution in [2.75, 3.05) is 0 Å². The molecule has 2 aromatic rings. The first-order valence-electron chi connectivity index (χ1n) is 6.84. The Kier molecular flexibility index (Phi) is 5.04. The van der Waals surface area contributed by atoms with Crippen molar-refractivity contribution in [3.63, 3.8) is 0 Å². The lowest BCUT2D eigenvalue weighted by Crippen LogP contribution is -2.26. The van der Waals surface area contributed by atoms with Gasteiger partial charge in [0.05, 0.1) is 6.04 Å². The number of halogens is 2. The molecule has 1 N–H and O–H groups in total. The zero-order valence-corrected chi connectivity index (χ0v) is 11.8. The van der Waals surface area contributed by atoms with E-state index in [9.17, 15) is 13.6 Å². The maximum atomic E-state index is 12.8. The minimum Gasteiger partial charge on any atom is -0.350 e. The van der Waals surface area contributed by atoms with Crippen molar-refractivity contribution in [3.8, 4) is 0 Å². The van der Waals surface area contributed by atoms with E-state index in [1.54, 1.807) is 24.3 Å². The number of carbonyl (C=O) groups excluding carboxylic acids is 1. The van der Waals surface area contributed by atoms with Gasteiger partial charge in [-0.05, 0) is 48.7 Å². The van der Waals surface area contributed by atoms with Crippen LogP contribution in [0.15, 0.2) is 48.5 Å². The summed E-state index contributed by atoms with van der Waals surface area (Å²) in [7, 11) is 0. The Morgan fingerprint density at radius 2 is 1.52 bits per heavy atom. The second-order valence-electron chi connectivity index (χ2n) is 4.97. The van der Waals surface area contributed by atoms with Gasteiger partial charge in [-0.2, -0.15) is 0 Å². The van der Waals surface area contributed by atoms with Gasteiger partial charge in [0.25, 0.3) is 0 Å². The minimum absolute atomic E-state index is 0.0869. The molecule has 2 rings (SSSR count). The summed E-state index contributed by atoms with van der Waals surface area (Å²) >= 11 is 0. The van der Waals surface area contributed by atoms with Gasteiger partial charge >= 0.3 is 0 Å². The van der Waals surface area contributed by atoms with E-state index in [2.05, 4.69) is 5.32 Å². The van der Waals surface area contributed by atoms with Crippen LogP contribution >= 0.6 is 0 Å². The molecule has 0 saturated heterocycles. The van der Waals surface area contributed by atoms with Crippen LogP contribution in [0.1, 0.15) is 30.5 Å². The van der Waals surface area contributed by atoms with E-state index in [0.29, 0.717) is 12.8 Å². The van der Waals surface area contributed by atoms with Crippen LogP contribution in [0.2, 0.25) is 0 Å². The van der Waals surface area contributed by atoms with E-state index >= 15 is 0 Å².